The largest absolute Gasteiger partial charge is 0.398 e. The van der Waals surface area contributed by atoms with Crippen LogP contribution in [0.25, 0.3) is 0 Å². The third kappa shape index (κ3) is 4.34. The summed E-state index contributed by atoms with van der Waals surface area (Å²) in [4.78, 5) is 2.48. The molecule has 5 heteroatoms. The molecule has 1 aliphatic rings. The van der Waals surface area contributed by atoms with E-state index in [9.17, 15) is 0 Å². The molecule has 1 aliphatic heterocycles. The van der Waals surface area contributed by atoms with Gasteiger partial charge in [-0.1, -0.05) is 0 Å². The number of rotatable bonds is 5. The molecule has 0 unspecified atom stereocenters. The van der Waals surface area contributed by atoms with Gasteiger partial charge in [0.05, 0.1) is 12.5 Å². The first-order chi connectivity index (χ1) is 9.29. The molecule has 0 spiro atoms. The van der Waals surface area contributed by atoms with Crippen LogP contribution >= 0.6 is 11.8 Å². The Kier molecular flexibility index (Phi) is 5.37. The smallest absolute Gasteiger partial charge is 0.0670 e. The van der Waals surface area contributed by atoms with Gasteiger partial charge in [0.2, 0.25) is 0 Å². The Hall–Kier alpha value is -1.38. The van der Waals surface area contributed by atoms with Crippen LogP contribution in [0, 0.1) is 11.3 Å². The lowest BCUT2D eigenvalue weighted by atomic mass is 10.1. The topological polar surface area (TPSA) is 65.1 Å². The van der Waals surface area contributed by atoms with Crippen molar-refractivity contribution in [1.82, 2.24) is 4.90 Å². The van der Waals surface area contributed by atoms with E-state index in [0.717, 1.165) is 24.3 Å². The van der Waals surface area contributed by atoms with Gasteiger partial charge in [-0.3, -0.25) is 4.90 Å². The van der Waals surface area contributed by atoms with E-state index in [1.807, 2.05) is 30.0 Å². The lowest BCUT2D eigenvalue weighted by Gasteiger charge is -2.26. The predicted octanol–water partition coefficient (Wildman–Crippen LogP) is 1.80. The third-order valence-corrected chi connectivity index (χ3v) is 4.22. The second-order valence-corrected chi connectivity index (χ2v) is 5.85. The molecular formula is C14H20N4S. The van der Waals surface area contributed by atoms with Crippen molar-refractivity contribution >= 4 is 23.1 Å². The van der Waals surface area contributed by atoms with Gasteiger partial charge in [-0.25, -0.2) is 0 Å². The van der Waals surface area contributed by atoms with Gasteiger partial charge in [0.15, 0.2) is 0 Å². The lowest BCUT2D eigenvalue weighted by Crippen LogP contribution is -2.36. The van der Waals surface area contributed by atoms with E-state index in [1.165, 1.54) is 24.6 Å². The number of nitrogens with zero attached hydrogens (tertiary/aromatic N) is 2. The zero-order valence-electron chi connectivity index (χ0n) is 11.1. The van der Waals surface area contributed by atoms with Gasteiger partial charge in [0.25, 0.3) is 0 Å². The fraction of sp³-hybridized carbons (Fsp3) is 0.500. The maximum Gasteiger partial charge on any atom is 0.0670 e. The molecule has 1 fully saturated rings. The molecule has 0 saturated carbocycles. The molecule has 0 bridgehead atoms. The standard InChI is InChI=1S/C14H20N4S/c15-4-3-12-11-13(1-2-14(12)16)17-5-6-18-7-9-19-10-8-18/h1-2,11,17H,3,5-10,16H2. The van der Waals surface area contributed by atoms with Crippen molar-refractivity contribution in [3.8, 4) is 6.07 Å². The fourth-order valence-electron chi connectivity index (χ4n) is 2.14. The third-order valence-electron chi connectivity index (χ3n) is 3.27. The molecule has 0 amide bonds. The van der Waals surface area contributed by atoms with Crippen LogP contribution in [0.15, 0.2) is 18.2 Å². The van der Waals surface area contributed by atoms with Gasteiger partial charge in [0, 0.05) is 49.1 Å². The summed E-state index contributed by atoms with van der Waals surface area (Å²) >= 11 is 2.03. The zero-order chi connectivity index (χ0) is 13.5. The molecule has 3 N–H and O–H groups in total. The Morgan fingerprint density at radius 2 is 2.16 bits per heavy atom. The molecule has 0 radical (unpaired) electrons. The monoisotopic (exact) mass is 276 g/mol. The van der Waals surface area contributed by atoms with Crippen LogP contribution in [-0.2, 0) is 6.42 Å². The van der Waals surface area contributed by atoms with E-state index in [2.05, 4.69) is 16.3 Å². The molecule has 1 heterocycles. The molecule has 1 aromatic rings. The van der Waals surface area contributed by atoms with E-state index in [4.69, 9.17) is 11.0 Å². The Balaban J connectivity index is 1.82. The first-order valence-electron chi connectivity index (χ1n) is 6.59. The highest BCUT2D eigenvalue weighted by Crippen LogP contribution is 2.18. The average molecular weight is 276 g/mol. The second-order valence-electron chi connectivity index (χ2n) is 4.63. The number of benzene rings is 1. The van der Waals surface area contributed by atoms with Crippen LogP contribution in [0.1, 0.15) is 5.56 Å². The number of anilines is 2. The van der Waals surface area contributed by atoms with Gasteiger partial charge in [-0.05, 0) is 23.8 Å². The van der Waals surface area contributed by atoms with Crippen molar-refractivity contribution in [1.29, 1.82) is 5.26 Å². The average Bonchev–Trinajstić information content (AvgIpc) is 2.44. The van der Waals surface area contributed by atoms with E-state index in [1.54, 1.807) is 0 Å². The van der Waals surface area contributed by atoms with Gasteiger partial charge in [-0.2, -0.15) is 17.0 Å². The van der Waals surface area contributed by atoms with Crippen molar-refractivity contribution < 1.29 is 0 Å². The minimum atomic E-state index is 0.366. The normalized spacial score (nSPS) is 15.9. The molecule has 0 aromatic heterocycles. The van der Waals surface area contributed by atoms with Crippen molar-refractivity contribution in [2.45, 2.75) is 6.42 Å². The summed E-state index contributed by atoms with van der Waals surface area (Å²) in [5.41, 5.74) is 8.48. The first-order valence-corrected chi connectivity index (χ1v) is 7.74. The van der Waals surface area contributed by atoms with Crippen LogP contribution in [0.4, 0.5) is 11.4 Å². The molecule has 0 aliphatic carbocycles. The summed E-state index contributed by atoms with van der Waals surface area (Å²) in [6, 6.07) is 7.96. The summed E-state index contributed by atoms with van der Waals surface area (Å²) in [6.07, 6.45) is 0.366. The van der Waals surface area contributed by atoms with E-state index >= 15 is 0 Å². The molecule has 1 aromatic carbocycles. The molecule has 2 rings (SSSR count). The summed E-state index contributed by atoms with van der Waals surface area (Å²) < 4.78 is 0. The number of hydrogen-bond acceptors (Lipinski definition) is 5. The molecular weight excluding hydrogens is 256 g/mol. The van der Waals surface area contributed by atoms with Crippen molar-refractivity contribution in [3.63, 3.8) is 0 Å². The number of nitrogens with two attached hydrogens (primary N) is 1. The van der Waals surface area contributed by atoms with Crippen LogP contribution in [-0.4, -0.2) is 42.6 Å². The van der Waals surface area contributed by atoms with Crippen LogP contribution in [0.5, 0.6) is 0 Å². The number of nitrogen functional groups attached to an aromatic ring is 1. The summed E-state index contributed by atoms with van der Waals surface area (Å²) in [6.45, 7) is 4.38. The molecule has 0 atom stereocenters. The summed E-state index contributed by atoms with van der Waals surface area (Å²) in [5.74, 6) is 2.49. The molecule has 102 valence electrons. The lowest BCUT2D eigenvalue weighted by molar-refractivity contribution is 0.314. The Labute approximate surface area is 119 Å². The second kappa shape index (κ2) is 7.27. The van der Waals surface area contributed by atoms with E-state index < -0.39 is 0 Å². The molecule has 1 saturated heterocycles. The molecule has 19 heavy (non-hydrogen) atoms. The van der Waals surface area contributed by atoms with E-state index in [-0.39, 0.29) is 0 Å². The maximum absolute atomic E-state index is 8.75. The number of thioether (sulfide) groups is 1. The SMILES string of the molecule is N#CCc1cc(NCCN2CCSCC2)ccc1N. The number of nitriles is 1. The number of nitrogens with one attached hydrogen (secondary N) is 1. The quantitative estimate of drug-likeness (QED) is 0.803. The van der Waals surface area contributed by atoms with Gasteiger partial charge < -0.3 is 11.1 Å². The minimum Gasteiger partial charge on any atom is -0.398 e. The van der Waals surface area contributed by atoms with Crippen LogP contribution in [0.3, 0.4) is 0 Å². The highest BCUT2D eigenvalue weighted by molar-refractivity contribution is 7.99. The maximum atomic E-state index is 8.75. The highest BCUT2D eigenvalue weighted by atomic mass is 32.2. The highest BCUT2D eigenvalue weighted by Gasteiger charge is 2.09. The van der Waals surface area contributed by atoms with Gasteiger partial charge in [0.1, 0.15) is 0 Å². The van der Waals surface area contributed by atoms with Crippen molar-refractivity contribution in [2.24, 2.45) is 0 Å². The van der Waals surface area contributed by atoms with Gasteiger partial charge >= 0.3 is 0 Å². The van der Waals surface area contributed by atoms with Crippen molar-refractivity contribution in [2.75, 3.05) is 48.7 Å². The van der Waals surface area contributed by atoms with Crippen LogP contribution < -0.4 is 11.1 Å². The first kappa shape index (κ1) is 14.0. The predicted molar refractivity (Wildman–Crippen MR) is 82.4 cm³/mol. The fourth-order valence-corrected chi connectivity index (χ4v) is 3.12. The number of hydrogen-bond donors (Lipinski definition) is 2. The Morgan fingerprint density at radius 3 is 2.89 bits per heavy atom. The van der Waals surface area contributed by atoms with Gasteiger partial charge in [-0.15, -0.1) is 0 Å². The van der Waals surface area contributed by atoms with Crippen molar-refractivity contribution in [3.05, 3.63) is 23.8 Å². The minimum absolute atomic E-state index is 0.366. The van der Waals surface area contributed by atoms with Crippen LogP contribution in [0.2, 0.25) is 0 Å². The summed E-state index contributed by atoms with van der Waals surface area (Å²) in [7, 11) is 0. The Bertz CT molecular complexity index is 449. The van der Waals surface area contributed by atoms with E-state index in [0.29, 0.717) is 12.1 Å². The molecule has 4 nitrogen and oxygen atoms in total. The summed E-state index contributed by atoms with van der Waals surface area (Å²) in [5, 5.41) is 12.2. The Morgan fingerprint density at radius 1 is 1.37 bits per heavy atom. The zero-order valence-corrected chi connectivity index (χ0v) is 11.9.